The van der Waals surface area contributed by atoms with E-state index < -0.39 is 0 Å². The molecule has 3 rings (SSSR count). The number of nitrogens with one attached hydrogen (secondary N) is 1. The van der Waals surface area contributed by atoms with Gasteiger partial charge in [-0.15, -0.1) is 0 Å². The molecule has 0 radical (unpaired) electrons. The van der Waals surface area contributed by atoms with Gasteiger partial charge in [-0.2, -0.15) is 0 Å². The lowest BCUT2D eigenvalue weighted by molar-refractivity contribution is -0.120. The molecule has 0 saturated heterocycles. The third-order valence-electron chi connectivity index (χ3n) is 3.74. The topological polar surface area (TPSA) is 55.1 Å². The van der Waals surface area contributed by atoms with Gasteiger partial charge in [-0.25, -0.2) is 4.98 Å². The van der Waals surface area contributed by atoms with Gasteiger partial charge >= 0.3 is 0 Å². The Bertz CT molecular complexity index is 597. The summed E-state index contributed by atoms with van der Waals surface area (Å²) in [6.45, 7) is 1.82. The number of hydrogen-bond acceptors (Lipinski definition) is 3. The Kier molecular flexibility index (Phi) is 3.23. The van der Waals surface area contributed by atoms with Crippen molar-refractivity contribution in [3.63, 3.8) is 0 Å². The van der Waals surface area contributed by atoms with Crippen molar-refractivity contribution in [1.82, 2.24) is 4.98 Å². The van der Waals surface area contributed by atoms with Crippen molar-refractivity contribution >= 4 is 22.7 Å². The average molecular weight is 258 g/mol. The molecule has 1 saturated carbocycles. The Hall–Kier alpha value is -1.84. The molecular weight excluding hydrogens is 240 g/mol. The fourth-order valence-corrected chi connectivity index (χ4v) is 2.73. The molecule has 1 heterocycles. The number of carbonyl (C=O) groups excluding carboxylic acids is 1. The second-order valence-electron chi connectivity index (χ2n) is 5.24. The van der Waals surface area contributed by atoms with E-state index in [-0.39, 0.29) is 11.8 Å². The lowest BCUT2D eigenvalue weighted by Gasteiger charge is -2.20. The van der Waals surface area contributed by atoms with Gasteiger partial charge in [0.15, 0.2) is 11.5 Å². The van der Waals surface area contributed by atoms with Crippen LogP contribution in [0.4, 0.5) is 5.69 Å². The number of aromatic nitrogens is 1. The van der Waals surface area contributed by atoms with E-state index >= 15 is 0 Å². The molecule has 1 N–H and O–H groups in total. The van der Waals surface area contributed by atoms with Gasteiger partial charge in [0.1, 0.15) is 5.52 Å². The normalized spacial score (nSPS) is 16.7. The van der Waals surface area contributed by atoms with Crippen molar-refractivity contribution < 1.29 is 9.21 Å². The highest BCUT2D eigenvalue weighted by Gasteiger charge is 2.21. The molecule has 1 aromatic carbocycles. The van der Waals surface area contributed by atoms with Gasteiger partial charge in [0, 0.05) is 24.6 Å². The second-order valence-corrected chi connectivity index (χ2v) is 5.24. The maximum absolute atomic E-state index is 12.2. The number of anilines is 1. The zero-order valence-corrected chi connectivity index (χ0v) is 11.1. The lowest BCUT2D eigenvalue weighted by Crippen LogP contribution is -2.24. The second kappa shape index (κ2) is 5.03. The molecular formula is C15H18N2O2. The average Bonchev–Trinajstić information content (AvgIpc) is 2.79. The fraction of sp³-hybridized carbons (Fsp3) is 0.467. The van der Waals surface area contributed by atoms with Crippen LogP contribution in [0.2, 0.25) is 0 Å². The van der Waals surface area contributed by atoms with E-state index in [4.69, 9.17) is 4.42 Å². The first kappa shape index (κ1) is 12.2. The van der Waals surface area contributed by atoms with Gasteiger partial charge in [-0.1, -0.05) is 19.3 Å². The molecule has 100 valence electrons. The van der Waals surface area contributed by atoms with E-state index in [0.717, 1.165) is 29.6 Å². The highest BCUT2D eigenvalue weighted by molar-refractivity contribution is 5.94. The molecule has 1 amide bonds. The minimum Gasteiger partial charge on any atom is -0.441 e. The number of hydrogen-bond donors (Lipinski definition) is 1. The third kappa shape index (κ3) is 2.62. The maximum Gasteiger partial charge on any atom is 0.227 e. The number of aryl methyl sites for hydroxylation is 1. The Morgan fingerprint density at radius 1 is 1.32 bits per heavy atom. The predicted molar refractivity (Wildman–Crippen MR) is 74.0 cm³/mol. The van der Waals surface area contributed by atoms with Crippen LogP contribution in [0.15, 0.2) is 22.6 Å². The summed E-state index contributed by atoms with van der Waals surface area (Å²) in [6.07, 6.45) is 5.61. The molecule has 1 fully saturated rings. The summed E-state index contributed by atoms with van der Waals surface area (Å²) >= 11 is 0. The van der Waals surface area contributed by atoms with Crippen molar-refractivity contribution in [3.8, 4) is 0 Å². The highest BCUT2D eigenvalue weighted by Crippen LogP contribution is 2.26. The Balaban J connectivity index is 1.74. The van der Waals surface area contributed by atoms with Crippen LogP contribution in [0.25, 0.3) is 11.1 Å². The molecule has 4 heteroatoms. The number of nitrogens with zero attached hydrogens (tertiary/aromatic N) is 1. The van der Waals surface area contributed by atoms with Crippen LogP contribution >= 0.6 is 0 Å². The first-order valence-corrected chi connectivity index (χ1v) is 6.90. The first-order valence-electron chi connectivity index (χ1n) is 6.90. The number of fused-ring (bicyclic) bond motifs is 1. The van der Waals surface area contributed by atoms with Crippen LogP contribution in [-0.2, 0) is 4.79 Å². The van der Waals surface area contributed by atoms with Crippen molar-refractivity contribution in [3.05, 3.63) is 24.1 Å². The van der Waals surface area contributed by atoms with Crippen molar-refractivity contribution in [2.24, 2.45) is 5.92 Å². The molecule has 19 heavy (non-hydrogen) atoms. The first-order chi connectivity index (χ1) is 9.22. The summed E-state index contributed by atoms with van der Waals surface area (Å²) in [5, 5.41) is 2.99. The number of rotatable bonds is 2. The molecule has 4 nitrogen and oxygen atoms in total. The van der Waals surface area contributed by atoms with E-state index in [2.05, 4.69) is 10.3 Å². The number of amides is 1. The van der Waals surface area contributed by atoms with Crippen LogP contribution < -0.4 is 5.32 Å². The summed E-state index contributed by atoms with van der Waals surface area (Å²) in [5.74, 6) is 0.946. The molecule has 1 aliphatic carbocycles. The van der Waals surface area contributed by atoms with Crippen LogP contribution in [0.5, 0.6) is 0 Å². The SMILES string of the molecule is Cc1nc2ccc(NC(=O)C3CCCCC3)cc2o1. The quantitative estimate of drug-likeness (QED) is 0.894. The predicted octanol–water partition coefficient (Wildman–Crippen LogP) is 3.66. The number of benzene rings is 1. The lowest BCUT2D eigenvalue weighted by atomic mass is 9.88. The Labute approximate surface area is 112 Å². The largest absolute Gasteiger partial charge is 0.441 e. The van der Waals surface area contributed by atoms with Crippen molar-refractivity contribution in [2.75, 3.05) is 5.32 Å². The smallest absolute Gasteiger partial charge is 0.227 e. The van der Waals surface area contributed by atoms with Gasteiger partial charge < -0.3 is 9.73 Å². The molecule has 1 aromatic heterocycles. The number of oxazole rings is 1. The molecule has 0 spiro atoms. The van der Waals surface area contributed by atoms with E-state index in [9.17, 15) is 4.79 Å². The molecule has 0 atom stereocenters. The minimum absolute atomic E-state index is 0.135. The molecule has 0 bridgehead atoms. The van der Waals surface area contributed by atoms with Crippen molar-refractivity contribution in [2.45, 2.75) is 39.0 Å². The van der Waals surface area contributed by atoms with E-state index in [1.165, 1.54) is 19.3 Å². The number of carbonyl (C=O) groups is 1. The van der Waals surface area contributed by atoms with E-state index in [1.807, 2.05) is 25.1 Å². The van der Waals surface area contributed by atoms with Crippen LogP contribution in [0.1, 0.15) is 38.0 Å². The Morgan fingerprint density at radius 3 is 2.89 bits per heavy atom. The van der Waals surface area contributed by atoms with Crippen LogP contribution in [-0.4, -0.2) is 10.9 Å². The van der Waals surface area contributed by atoms with Gasteiger partial charge in [0.05, 0.1) is 0 Å². The van der Waals surface area contributed by atoms with Gasteiger partial charge in [-0.05, 0) is 25.0 Å². The molecule has 2 aromatic rings. The van der Waals surface area contributed by atoms with Crippen LogP contribution in [0.3, 0.4) is 0 Å². The van der Waals surface area contributed by atoms with Crippen molar-refractivity contribution in [1.29, 1.82) is 0 Å². The summed E-state index contributed by atoms with van der Waals surface area (Å²) in [5.41, 5.74) is 2.34. The van der Waals surface area contributed by atoms with Gasteiger partial charge in [-0.3, -0.25) is 4.79 Å². The van der Waals surface area contributed by atoms with Crippen LogP contribution in [0, 0.1) is 12.8 Å². The molecule has 0 unspecified atom stereocenters. The fourth-order valence-electron chi connectivity index (χ4n) is 2.73. The maximum atomic E-state index is 12.2. The zero-order chi connectivity index (χ0) is 13.2. The van der Waals surface area contributed by atoms with Gasteiger partial charge in [0.2, 0.25) is 5.91 Å². The van der Waals surface area contributed by atoms with Gasteiger partial charge in [0.25, 0.3) is 0 Å². The summed E-state index contributed by atoms with van der Waals surface area (Å²) in [4.78, 5) is 16.4. The standard InChI is InChI=1S/C15H18N2O2/c1-10-16-13-8-7-12(9-14(13)19-10)17-15(18)11-5-3-2-4-6-11/h7-9,11H,2-6H2,1H3,(H,17,18). The third-order valence-corrected chi connectivity index (χ3v) is 3.74. The highest BCUT2D eigenvalue weighted by atomic mass is 16.3. The minimum atomic E-state index is 0.135. The van der Waals surface area contributed by atoms with E-state index in [1.54, 1.807) is 0 Å². The summed E-state index contributed by atoms with van der Waals surface area (Å²) in [7, 11) is 0. The summed E-state index contributed by atoms with van der Waals surface area (Å²) < 4.78 is 5.47. The molecule has 1 aliphatic rings. The zero-order valence-electron chi connectivity index (χ0n) is 11.1. The van der Waals surface area contributed by atoms with E-state index in [0.29, 0.717) is 5.89 Å². The Morgan fingerprint density at radius 2 is 2.11 bits per heavy atom. The monoisotopic (exact) mass is 258 g/mol. The molecule has 0 aliphatic heterocycles. The summed E-state index contributed by atoms with van der Waals surface area (Å²) in [6, 6.07) is 5.60.